The van der Waals surface area contributed by atoms with Crippen LogP contribution in [-0.2, 0) is 6.54 Å². The van der Waals surface area contributed by atoms with Crippen LogP contribution in [0.1, 0.15) is 35.3 Å². The van der Waals surface area contributed by atoms with E-state index >= 15 is 0 Å². The molecule has 1 saturated heterocycles. The first-order chi connectivity index (χ1) is 17.2. The zero-order valence-electron chi connectivity index (χ0n) is 20.3. The van der Waals surface area contributed by atoms with Crippen LogP contribution in [0.3, 0.4) is 0 Å². The van der Waals surface area contributed by atoms with Crippen LogP contribution in [0.4, 0.5) is 5.69 Å². The number of rotatable bonds is 6. The molecule has 2 aliphatic rings. The van der Waals surface area contributed by atoms with Gasteiger partial charge in [0.25, 0.3) is 5.91 Å². The summed E-state index contributed by atoms with van der Waals surface area (Å²) in [6.07, 6.45) is 11.0. The van der Waals surface area contributed by atoms with E-state index in [1.54, 1.807) is 6.20 Å². The molecule has 7 nitrogen and oxygen atoms in total. The second kappa shape index (κ2) is 11.8. The van der Waals surface area contributed by atoms with Crippen molar-refractivity contribution in [2.24, 2.45) is 0 Å². The number of amides is 1. The number of carbonyl (C=O) groups is 1. The number of hydrogen-bond acceptors (Lipinski definition) is 6. The Bertz CT molecular complexity index is 1220. The lowest BCUT2D eigenvalue weighted by Gasteiger charge is -2.35. The summed E-state index contributed by atoms with van der Waals surface area (Å²) in [6.45, 7) is 6.38. The summed E-state index contributed by atoms with van der Waals surface area (Å²) >= 11 is 0. The molecular weight excluding hydrogens is 438 g/mol. The molecule has 0 bridgehead atoms. The van der Waals surface area contributed by atoms with Gasteiger partial charge in [-0.2, -0.15) is 0 Å². The lowest BCUT2D eigenvalue weighted by molar-refractivity contribution is 0.0642. The summed E-state index contributed by atoms with van der Waals surface area (Å²) in [5.41, 5.74) is 5.21. The van der Waals surface area contributed by atoms with E-state index in [2.05, 4.69) is 34.5 Å². The minimum atomic E-state index is 0.117. The Morgan fingerprint density at radius 2 is 1.86 bits per heavy atom. The quantitative estimate of drug-likeness (QED) is 0.357. The van der Waals surface area contributed by atoms with Crippen molar-refractivity contribution in [2.45, 2.75) is 26.4 Å². The first kappa shape index (κ1) is 25.5. The minimum Gasteiger partial charge on any atom is -0.457 e. The highest BCUT2D eigenvalue weighted by molar-refractivity contribution is 5.99. The van der Waals surface area contributed by atoms with Crippen LogP contribution in [0.5, 0.6) is 11.5 Å². The van der Waals surface area contributed by atoms with Crippen LogP contribution in [0.25, 0.3) is 11.3 Å². The number of hydrogen-bond donors (Lipinski definition) is 3. The number of ether oxygens (including phenoxy) is 1. The molecule has 0 radical (unpaired) electrons. The zero-order valence-corrected chi connectivity index (χ0v) is 20.3. The van der Waals surface area contributed by atoms with E-state index in [4.69, 9.17) is 10.1 Å². The van der Waals surface area contributed by atoms with E-state index < -0.39 is 0 Å². The number of benzene rings is 2. The number of pyridine rings is 1. The van der Waals surface area contributed by atoms with Gasteiger partial charge in [-0.3, -0.25) is 9.78 Å². The smallest absolute Gasteiger partial charge is 0.254 e. The molecule has 35 heavy (non-hydrogen) atoms. The predicted octanol–water partition coefficient (Wildman–Crippen LogP) is 4.78. The third kappa shape index (κ3) is 5.34. The fraction of sp³-hybridized carbons (Fsp3) is 0.250. The fourth-order valence-corrected chi connectivity index (χ4v) is 4.00. The SMILES string of the molecule is C#C.CC.CNc1cc(Oc2ccnc(-c3ccc4c(c3)CN(C3CNC3)C4=O)c2)ccc1C=N. The van der Waals surface area contributed by atoms with Gasteiger partial charge >= 0.3 is 0 Å². The van der Waals surface area contributed by atoms with Crippen molar-refractivity contribution in [3.8, 4) is 35.6 Å². The number of nitrogens with one attached hydrogen (secondary N) is 3. The normalized spacial score (nSPS) is 13.9. The van der Waals surface area contributed by atoms with Gasteiger partial charge in [0, 0.05) is 73.6 Å². The zero-order chi connectivity index (χ0) is 25.4. The van der Waals surface area contributed by atoms with Crippen LogP contribution in [-0.4, -0.2) is 48.2 Å². The molecule has 1 fully saturated rings. The van der Waals surface area contributed by atoms with Crippen LogP contribution in [0.15, 0.2) is 54.7 Å². The predicted molar refractivity (Wildman–Crippen MR) is 141 cm³/mol. The number of fused-ring (bicyclic) bond motifs is 1. The highest BCUT2D eigenvalue weighted by atomic mass is 16.5. The third-order valence-corrected chi connectivity index (χ3v) is 5.85. The molecule has 0 saturated carbocycles. The highest BCUT2D eigenvalue weighted by Gasteiger charge is 2.35. The van der Waals surface area contributed by atoms with Crippen LogP contribution < -0.4 is 15.4 Å². The monoisotopic (exact) mass is 469 g/mol. The molecule has 0 spiro atoms. The van der Waals surface area contributed by atoms with Gasteiger partial charge in [-0.25, -0.2) is 0 Å². The molecule has 1 aromatic heterocycles. The van der Waals surface area contributed by atoms with E-state index in [1.807, 2.05) is 68.3 Å². The van der Waals surface area contributed by atoms with Crippen LogP contribution in [0.2, 0.25) is 0 Å². The van der Waals surface area contributed by atoms with Crippen molar-refractivity contribution in [2.75, 3.05) is 25.5 Å². The molecule has 2 aromatic carbocycles. The molecule has 5 rings (SSSR count). The van der Waals surface area contributed by atoms with Gasteiger partial charge in [-0.15, -0.1) is 12.8 Å². The number of nitrogens with zero attached hydrogens (tertiary/aromatic N) is 2. The topological polar surface area (TPSA) is 90.3 Å². The van der Waals surface area contributed by atoms with Gasteiger partial charge in [0.2, 0.25) is 0 Å². The number of carbonyl (C=O) groups excluding carboxylic acids is 1. The van der Waals surface area contributed by atoms with E-state index in [0.29, 0.717) is 24.1 Å². The van der Waals surface area contributed by atoms with E-state index in [-0.39, 0.29) is 5.91 Å². The number of terminal acetylenes is 1. The molecular formula is C28H31N5O2. The molecule has 0 atom stereocenters. The molecule has 7 heteroatoms. The summed E-state index contributed by atoms with van der Waals surface area (Å²) in [5.74, 6) is 1.47. The number of anilines is 1. The Morgan fingerprint density at radius 1 is 1.11 bits per heavy atom. The van der Waals surface area contributed by atoms with Gasteiger partial charge in [-0.1, -0.05) is 19.9 Å². The Morgan fingerprint density at radius 3 is 2.51 bits per heavy atom. The van der Waals surface area contributed by atoms with Crippen molar-refractivity contribution < 1.29 is 9.53 Å². The first-order valence-electron chi connectivity index (χ1n) is 11.6. The lowest BCUT2D eigenvalue weighted by Crippen LogP contribution is -2.57. The molecule has 1 amide bonds. The van der Waals surface area contributed by atoms with Crippen molar-refractivity contribution in [1.29, 1.82) is 5.41 Å². The van der Waals surface area contributed by atoms with Crippen molar-refractivity contribution in [3.05, 3.63) is 71.4 Å². The standard InChI is InChI=1S/C24H23N5O2.C2H6.C2H2/c1-26-22-9-19(4-2-16(22)11-25)31-20-6-7-28-23(10-20)15-3-5-21-17(8-15)14-29(24(21)30)18-12-27-13-18;2*1-2/h2-11,18,25-27H,12-14H2,1H3;1-2H3;1-2H. The van der Waals surface area contributed by atoms with Crippen LogP contribution in [0, 0.1) is 18.3 Å². The summed E-state index contributed by atoms with van der Waals surface area (Å²) in [4.78, 5) is 19.1. The van der Waals surface area contributed by atoms with Gasteiger partial charge in [0.05, 0.1) is 11.7 Å². The Labute approximate surface area is 207 Å². The summed E-state index contributed by atoms with van der Waals surface area (Å²) in [6, 6.07) is 15.5. The molecule has 0 aliphatic carbocycles. The van der Waals surface area contributed by atoms with E-state index in [9.17, 15) is 4.79 Å². The van der Waals surface area contributed by atoms with Crippen molar-refractivity contribution >= 4 is 17.8 Å². The second-order valence-electron chi connectivity index (χ2n) is 7.74. The van der Waals surface area contributed by atoms with Gasteiger partial charge in [0.15, 0.2) is 0 Å². The molecule has 3 aromatic rings. The van der Waals surface area contributed by atoms with Gasteiger partial charge < -0.3 is 25.7 Å². The number of aromatic nitrogens is 1. The maximum atomic E-state index is 12.7. The molecule has 180 valence electrons. The Hall–Kier alpha value is -4.15. The van der Waals surface area contributed by atoms with Gasteiger partial charge in [0.1, 0.15) is 11.5 Å². The second-order valence-corrected chi connectivity index (χ2v) is 7.74. The maximum absolute atomic E-state index is 12.7. The van der Waals surface area contributed by atoms with E-state index in [0.717, 1.165) is 46.7 Å². The largest absolute Gasteiger partial charge is 0.457 e. The van der Waals surface area contributed by atoms with Crippen molar-refractivity contribution in [1.82, 2.24) is 15.2 Å². The lowest BCUT2D eigenvalue weighted by atomic mass is 10.0. The maximum Gasteiger partial charge on any atom is 0.254 e. The van der Waals surface area contributed by atoms with Gasteiger partial charge in [-0.05, 0) is 35.9 Å². The van der Waals surface area contributed by atoms with E-state index in [1.165, 1.54) is 6.21 Å². The summed E-state index contributed by atoms with van der Waals surface area (Å²) in [7, 11) is 1.82. The third-order valence-electron chi connectivity index (χ3n) is 5.85. The van der Waals surface area contributed by atoms with Crippen molar-refractivity contribution in [3.63, 3.8) is 0 Å². The molecule has 0 unspecified atom stereocenters. The summed E-state index contributed by atoms with van der Waals surface area (Å²) < 4.78 is 6.04. The minimum absolute atomic E-state index is 0.117. The average Bonchev–Trinajstić information content (AvgIpc) is 3.20. The molecule has 2 aliphatic heterocycles. The Kier molecular flexibility index (Phi) is 8.60. The first-order valence-corrected chi connectivity index (χ1v) is 11.6. The highest BCUT2D eigenvalue weighted by Crippen LogP contribution is 2.32. The summed E-state index contributed by atoms with van der Waals surface area (Å²) in [5, 5.41) is 13.8. The average molecular weight is 470 g/mol. The molecule has 3 N–H and O–H groups in total. The molecule has 3 heterocycles. The fourth-order valence-electron chi connectivity index (χ4n) is 4.00. The van der Waals surface area contributed by atoms with Crippen LogP contribution >= 0.6 is 0 Å². The Balaban J connectivity index is 0.000000815.